The Morgan fingerprint density at radius 1 is 1.08 bits per heavy atom. The highest BCUT2D eigenvalue weighted by molar-refractivity contribution is 7.99. The van der Waals surface area contributed by atoms with Gasteiger partial charge in [0.25, 0.3) is 5.22 Å². The normalized spacial score (nSPS) is 10.8. The largest absolute Gasteiger partial charge is 0.411 e. The molecule has 6 heteroatoms. The van der Waals surface area contributed by atoms with Crippen LogP contribution >= 0.6 is 23.4 Å². The molecule has 0 N–H and O–H groups in total. The summed E-state index contributed by atoms with van der Waals surface area (Å²) in [5.74, 6) is 0.705. The number of nitrogens with zero attached hydrogens (tertiary/aromatic N) is 2. The molecule has 0 fully saturated rings. The fraction of sp³-hybridized carbons (Fsp3) is 0.167. The van der Waals surface area contributed by atoms with Gasteiger partial charge in [0, 0.05) is 16.1 Å². The van der Waals surface area contributed by atoms with Crippen molar-refractivity contribution in [3.8, 4) is 11.5 Å². The molecule has 0 aliphatic carbocycles. The molecule has 0 saturated carbocycles. The summed E-state index contributed by atoms with van der Waals surface area (Å²) >= 11 is 7.09. The van der Waals surface area contributed by atoms with Crippen LogP contribution in [0.2, 0.25) is 5.02 Å². The third-order valence-corrected chi connectivity index (χ3v) is 4.58. The molecule has 1 aromatic heterocycles. The SMILES string of the molecule is CCc1ccc(C(=O)CSc2nnc(-c3ccc(Cl)cc3)o2)cc1. The van der Waals surface area contributed by atoms with Crippen molar-refractivity contribution in [3.63, 3.8) is 0 Å². The van der Waals surface area contributed by atoms with E-state index in [0.29, 0.717) is 21.7 Å². The molecule has 0 spiro atoms. The molecule has 1 heterocycles. The van der Waals surface area contributed by atoms with Crippen molar-refractivity contribution in [2.24, 2.45) is 0 Å². The first kappa shape index (κ1) is 16.7. The van der Waals surface area contributed by atoms with Crippen molar-refractivity contribution < 1.29 is 9.21 Å². The van der Waals surface area contributed by atoms with E-state index in [1.807, 2.05) is 36.4 Å². The first-order valence-corrected chi connectivity index (χ1v) is 8.86. The fourth-order valence-corrected chi connectivity index (χ4v) is 2.90. The summed E-state index contributed by atoms with van der Waals surface area (Å²) in [6, 6.07) is 14.8. The quantitative estimate of drug-likeness (QED) is 0.462. The van der Waals surface area contributed by atoms with Crippen molar-refractivity contribution in [1.29, 1.82) is 0 Å². The van der Waals surface area contributed by atoms with Gasteiger partial charge in [-0.15, -0.1) is 10.2 Å². The van der Waals surface area contributed by atoms with E-state index in [4.69, 9.17) is 16.0 Å². The monoisotopic (exact) mass is 358 g/mol. The first-order chi connectivity index (χ1) is 11.7. The summed E-state index contributed by atoms with van der Waals surface area (Å²) in [6.07, 6.45) is 0.957. The molecule has 0 saturated heterocycles. The van der Waals surface area contributed by atoms with Crippen LogP contribution in [0, 0.1) is 0 Å². The number of rotatable bonds is 6. The summed E-state index contributed by atoms with van der Waals surface area (Å²) in [5.41, 5.74) is 2.70. The smallest absolute Gasteiger partial charge is 0.277 e. The first-order valence-electron chi connectivity index (χ1n) is 7.50. The molecule has 2 aromatic carbocycles. The van der Waals surface area contributed by atoms with Crippen molar-refractivity contribution >= 4 is 29.1 Å². The van der Waals surface area contributed by atoms with Crippen LogP contribution in [0.5, 0.6) is 0 Å². The molecule has 24 heavy (non-hydrogen) atoms. The van der Waals surface area contributed by atoms with E-state index < -0.39 is 0 Å². The number of aryl methyl sites for hydroxylation is 1. The summed E-state index contributed by atoms with van der Waals surface area (Å²) in [4.78, 5) is 12.2. The molecule has 0 bridgehead atoms. The minimum absolute atomic E-state index is 0.0360. The maximum atomic E-state index is 12.2. The van der Waals surface area contributed by atoms with Gasteiger partial charge in [0.1, 0.15) is 0 Å². The van der Waals surface area contributed by atoms with Gasteiger partial charge in [-0.2, -0.15) is 0 Å². The molecule has 0 atom stereocenters. The molecule has 0 aliphatic rings. The zero-order chi connectivity index (χ0) is 16.9. The van der Waals surface area contributed by atoms with Crippen molar-refractivity contribution in [2.75, 3.05) is 5.75 Å². The highest BCUT2D eigenvalue weighted by atomic mass is 35.5. The third-order valence-electron chi connectivity index (χ3n) is 3.51. The zero-order valence-electron chi connectivity index (χ0n) is 13.0. The zero-order valence-corrected chi connectivity index (χ0v) is 14.6. The molecule has 4 nitrogen and oxygen atoms in total. The number of benzene rings is 2. The van der Waals surface area contributed by atoms with Crippen LogP contribution in [-0.4, -0.2) is 21.7 Å². The molecule has 0 aliphatic heterocycles. The van der Waals surface area contributed by atoms with Gasteiger partial charge in [-0.3, -0.25) is 4.79 Å². The maximum absolute atomic E-state index is 12.2. The Hall–Kier alpha value is -2.11. The standard InChI is InChI=1S/C18H15ClN2O2S/c1-2-12-3-5-13(6-4-12)16(22)11-24-18-21-20-17(23-18)14-7-9-15(19)10-8-14/h3-10H,2,11H2,1H3. The average Bonchev–Trinajstić information content (AvgIpc) is 3.09. The van der Waals surface area contributed by atoms with Crippen molar-refractivity contribution in [2.45, 2.75) is 18.6 Å². The highest BCUT2D eigenvalue weighted by Crippen LogP contribution is 2.24. The number of hydrogen-bond acceptors (Lipinski definition) is 5. The molecule has 0 unspecified atom stereocenters. The number of aromatic nitrogens is 2. The van der Waals surface area contributed by atoms with E-state index in [2.05, 4.69) is 17.1 Å². The Bertz CT molecular complexity index is 829. The second-order valence-corrected chi connectivity index (χ2v) is 6.51. The van der Waals surface area contributed by atoms with Gasteiger partial charge in [-0.05, 0) is 36.2 Å². The Kier molecular flexibility index (Phi) is 5.33. The minimum Gasteiger partial charge on any atom is -0.411 e. The lowest BCUT2D eigenvalue weighted by Crippen LogP contribution is -2.02. The summed E-state index contributed by atoms with van der Waals surface area (Å²) in [6.45, 7) is 2.08. The van der Waals surface area contributed by atoms with Crippen LogP contribution < -0.4 is 0 Å². The Labute approximate surface area is 149 Å². The Morgan fingerprint density at radius 2 is 1.79 bits per heavy atom. The van der Waals surface area contributed by atoms with Crippen molar-refractivity contribution in [1.82, 2.24) is 10.2 Å². The second kappa shape index (κ2) is 7.64. The second-order valence-electron chi connectivity index (χ2n) is 5.14. The van der Waals surface area contributed by atoms with Crippen LogP contribution in [0.3, 0.4) is 0 Å². The average molecular weight is 359 g/mol. The summed E-state index contributed by atoms with van der Waals surface area (Å²) < 4.78 is 5.58. The number of thioether (sulfide) groups is 1. The molecule has 0 radical (unpaired) electrons. The summed E-state index contributed by atoms with van der Waals surface area (Å²) in [5, 5.41) is 8.99. The molecule has 122 valence electrons. The number of Topliss-reactive ketones (excluding diaryl/α,β-unsaturated/α-hetero) is 1. The van der Waals surface area contributed by atoms with Gasteiger partial charge in [-0.1, -0.05) is 54.6 Å². The molecule has 3 aromatic rings. The van der Waals surface area contributed by atoms with Crippen LogP contribution in [0.25, 0.3) is 11.5 Å². The number of ketones is 1. The lowest BCUT2D eigenvalue weighted by atomic mass is 10.1. The van der Waals surface area contributed by atoms with Gasteiger partial charge in [0.2, 0.25) is 5.89 Å². The van der Waals surface area contributed by atoms with Crippen molar-refractivity contribution in [3.05, 3.63) is 64.7 Å². The van der Waals surface area contributed by atoms with Gasteiger partial charge >= 0.3 is 0 Å². The predicted molar refractivity (Wildman–Crippen MR) is 95.6 cm³/mol. The maximum Gasteiger partial charge on any atom is 0.277 e. The van der Waals surface area contributed by atoms with Gasteiger partial charge < -0.3 is 4.42 Å². The topological polar surface area (TPSA) is 56.0 Å². The number of carbonyl (C=O) groups excluding carboxylic acids is 1. The minimum atomic E-state index is 0.0360. The van der Waals surface area contributed by atoms with Crippen LogP contribution in [-0.2, 0) is 6.42 Å². The van der Waals surface area contributed by atoms with Gasteiger partial charge in [-0.25, -0.2) is 0 Å². The fourth-order valence-electron chi connectivity index (χ4n) is 2.11. The van der Waals surface area contributed by atoms with E-state index >= 15 is 0 Å². The number of halogens is 1. The van der Waals surface area contributed by atoms with Crippen LogP contribution in [0.15, 0.2) is 58.2 Å². The number of hydrogen-bond donors (Lipinski definition) is 0. The van der Waals surface area contributed by atoms with E-state index in [-0.39, 0.29) is 11.5 Å². The molecule has 3 rings (SSSR count). The van der Waals surface area contributed by atoms with Crippen LogP contribution in [0.4, 0.5) is 0 Å². The van der Waals surface area contributed by atoms with E-state index in [1.165, 1.54) is 17.3 Å². The predicted octanol–water partition coefficient (Wildman–Crippen LogP) is 4.93. The van der Waals surface area contributed by atoms with Gasteiger partial charge in [0.05, 0.1) is 5.75 Å². The number of carbonyl (C=O) groups is 1. The lowest BCUT2D eigenvalue weighted by Gasteiger charge is -2.01. The van der Waals surface area contributed by atoms with Crippen LogP contribution in [0.1, 0.15) is 22.8 Å². The lowest BCUT2D eigenvalue weighted by molar-refractivity contribution is 0.102. The Morgan fingerprint density at radius 3 is 2.46 bits per heavy atom. The van der Waals surface area contributed by atoms with E-state index in [0.717, 1.165) is 12.0 Å². The molecule has 0 amide bonds. The highest BCUT2D eigenvalue weighted by Gasteiger charge is 2.12. The third kappa shape index (κ3) is 4.04. The summed E-state index contributed by atoms with van der Waals surface area (Å²) in [7, 11) is 0. The van der Waals surface area contributed by atoms with Gasteiger partial charge in [0.15, 0.2) is 5.78 Å². The molecular formula is C18H15ClN2O2S. The molecular weight excluding hydrogens is 344 g/mol. The Balaban J connectivity index is 1.62. The van der Waals surface area contributed by atoms with E-state index in [1.54, 1.807) is 12.1 Å². The van der Waals surface area contributed by atoms with E-state index in [9.17, 15) is 4.79 Å².